The molecule has 1 spiro atoms. The maximum absolute atomic E-state index is 11.9. The van der Waals surface area contributed by atoms with Gasteiger partial charge in [0.15, 0.2) is 0 Å². The van der Waals surface area contributed by atoms with Crippen molar-refractivity contribution in [2.75, 3.05) is 32.8 Å². The summed E-state index contributed by atoms with van der Waals surface area (Å²) in [7, 11) is 0. The van der Waals surface area contributed by atoms with Gasteiger partial charge in [-0.1, -0.05) is 0 Å². The zero-order valence-corrected chi connectivity index (χ0v) is 11.9. The number of hydrogen-bond donors (Lipinski definition) is 2. The molecule has 2 fully saturated rings. The Labute approximate surface area is 123 Å². The van der Waals surface area contributed by atoms with E-state index in [4.69, 9.17) is 9.47 Å². The van der Waals surface area contributed by atoms with Crippen LogP contribution in [0.3, 0.4) is 0 Å². The van der Waals surface area contributed by atoms with Crippen molar-refractivity contribution in [2.45, 2.75) is 24.5 Å². The number of nitrogens with one attached hydrogen (secondary N) is 2. The van der Waals surface area contributed by atoms with E-state index >= 15 is 0 Å². The lowest BCUT2D eigenvalue weighted by Gasteiger charge is -2.27. The molecule has 1 aromatic rings. The molecule has 0 radical (unpaired) electrons. The van der Waals surface area contributed by atoms with Gasteiger partial charge in [0.2, 0.25) is 0 Å². The van der Waals surface area contributed by atoms with Gasteiger partial charge in [-0.05, 0) is 12.8 Å². The molecule has 2 atom stereocenters. The van der Waals surface area contributed by atoms with Crippen molar-refractivity contribution in [1.82, 2.24) is 20.6 Å². The molecule has 2 aliphatic heterocycles. The number of hydrogen-bond acceptors (Lipinski definition) is 6. The number of carbonyl (C=O) groups excluding carboxylic acids is 1. The standard InChI is InChI=1S/C14H20N4O3/c19-13(12-8-15-3-4-17-12)18-7-11-1-2-14(21-11)9-16-5-6-20-10-14/h3-4,8,11,16H,1-2,5-7,9-10H2,(H,18,19)/t11-,14-/m0/s1. The first kappa shape index (κ1) is 14.4. The van der Waals surface area contributed by atoms with Crippen molar-refractivity contribution < 1.29 is 14.3 Å². The fourth-order valence-electron chi connectivity index (χ4n) is 2.76. The minimum absolute atomic E-state index is 0.0223. The largest absolute Gasteiger partial charge is 0.377 e. The van der Waals surface area contributed by atoms with E-state index in [1.807, 2.05) is 0 Å². The predicted molar refractivity (Wildman–Crippen MR) is 74.9 cm³/mol. The fourth-order valence-corrected chi connectivity index (χ4v) is 2.76. The number of nitrogens with zero attached hydrogens (tertiary/aromatic N) is 2. The van der Waals surface area contributed by atoms with Crippen LogP contribution < -0.4 is 10.6 Å². The molecule has 1 amide bonds. The van der Waals surface area contributed by atoms with E-state index in [1.165, 1.54) is 12.4 Å². The maximum Gasteiger partial charge on any atom is 0.271 e. The fraction of sp³-hybridized carbons (Fsp3) is 0.643. The van der Waals surface area contributed by atoms with E-state index in [2.05, 4.69) is 20.6 Å². The maximum atomic E-state index is 11.9. The van der Waals surface area contributed by atoms with E-state index in [-0.39, 0.29) is 17.6 Å². The minimum Gasteiger partial charge on any atom is -0.377 e. The van der Waals surface area contributed by atoms with Crippen LogP contribution in [0.25, 0.3) is 0 Å². The van der Waals surface area contributed by atoms with Gasteiger partial charge < -0.3 is 20.1 Å². The summed E-state index contributed by atoms with van der Waals surface area (Å²) in [5.41, 5.74) is 0.0861. The van der Waals surface area contributed by atoms with E-state index in [0.29, 0.717) is 18.8 Å². The molecule has 3 heterocycles. The normalized spacial score (nSPS) is 29.2. The second-order valence-corrected chi connectivity index (χ2v) is 5.49. The highest BCUT2D eigenvalue weighted by Crippen LogP contribution is 2.30. The number of amides is 1. The topological polar surface area (TPSA) is 85.4 Å². The third-order valence-corrected chi connectivity index (χ3v) is 3.86. The lowest BCUT2D eigenvalue weighted by molar-refractivity contribution is -0.0764. The average Bonchev–Trinajstić information content (AvgIpc) is 2.77. The van der Waals surface area contributed by atoms with Crippen molar-refractivity contribution in [3.63, 3.8) is 0 Å². The number of carbonyl (C=O) groups is 1. The molecule has 0 aromatic carbocycles. The average molecular weight is 292 g/mol. The molecule has 0 saturated carbocycles. The van der Waals surface area contributed by atoms with Crippen molar-refractivity contribution in [2.24, 2.45) is 0 Å². The molecule has 3 rings (SSSR count). The second kappa shape index (κ2) is 6.46. The van der Waals surface area contributed by atoms with Gasteiger partial charge in [-0.2, -0.15) is 0 Å². The molecule has 0 bridgehead atoms. The molecule has 2 N–H and O–H groups in total. The van der Waals surface area contributed by atoms with Crippen LogP contribution in [0.2, 0.25) is 0 Å². The summed E-state index contributed by atoms with van der Waals surface area (Å²) in [6.07, 6.45) is 6.39. The highest BCUT2D eigenvalue weighted by atomic mass is 16.6. The van der Waals surface area contributed by atoms with Crippen LogP contribution in [0.4, 0.5) is 0 Å². The first-order valence-corrected chi connectivity index (χ1v) is 7.28. The molecular formula is C14H20N4O3. The lowest BCUT2D eigenvalue weighted by Crippen LogP contribution is -2.43. The van der Waals surface area contributed by atoms with Crippen LogP contribution in [0.15, 0.2) is 18.6 Å². The minimum atomic E-state index is -0.238. The van der Waals surface area contributed by atoms with E-state index in [9.17, 15) is 4.79 Å². The lowest BCUT2D eigenvalue weighted by atomic mass is 10.0. The summed E-state index contributed by atoms with van der Waals surface area (Å²) in [5, 5.41) is 6.19. The van der Waals surface area contributed by atoms with Crippen LogP contribution in [0, 0.1) is 0 Å². The molecular weight excluding hydrogens is 272 g/mol. The Morgan fingerprint density at radius 2 is 2.48 bits per heavy atom. The van der Waals surface area contributed by atoms with Gasteiger partial charge >= 0.3 is 0 Å². The Morgan fingerprint density at radius 1 is 1.52 bits per heavy atom. The van der Waals surface area contributed by atoms with Crippen molar-refractivity contribution in [1.29, 1.82) is 0 Å². The second-order valence-electron chi connectivity index (χ2n) is 5.49. The molecule has 114 valence electrons. The summed E-state index contributed by atoms with van der Waals surface area (Å²) in [4.78, 5) is 19.8. The smallest absolute Gasteiger partial charge is 0.271 e. The molecule has 21 heavy (non-hydrogen) atoms. The molecule has 0 unspecified atom stereocenters. The van der Waals surface area contributed by atoms with Crippen LogP contribution in [-0.2, 0) is 9.47 Å². The summed E-state index contributed by atoms with van der Waals surface area (Å²) in [6.45, 7) is 3.49. The van der Waals surface area contributed by atoms with Gasteiger partial charge in [-0.15, -0.1) is 0 Å². The van der Waals surface area contributed by atoms with Crippen molar-refractivity contribution >= 4 is 5.91 Å². The predicted octanol–water partition coefficient (Wildman–Crippen LogP) is -0.256. The van der Waals surface area contributed by atoms with Crippen LogP contribution in [0.1, 0.15) is 23.3 Å². The Kier molecular flexibility index (Phi) is 4.42. The van der Waals surface area contributed by atoms with Gasteiger partial charge in [0.25, 0.3) is 5.91 Å². The summed E-state index contributed by atoms with van der Waals surface area (Å²) < 4.78 is 11.7. The van der Waals surface area contributed by atoms with Gasteiger partial charge in [-0.25, -0.2) is 4.98 Å². The van der Waals surface area contributed by atoms with Gasteiger partial charge in [0.1, 0.15) is 11.3 Å². The van der Waals surface area contributed by atoms with Gasteiger partial charge in [0, 0.05) is 32.0 Å². The molecule has 2 aliphatic rings. The van der Waals surface area contributed by atoms with Crippen molar-refractivity contribution in [3.8, 4) is 0 Å². The van der Waals surface area contributed by atoms with Crippen molar-refractivity contribution in [3.05, 3.63) is 24.3 Å². The zero-order chi connectivity index (χ0) is 14.5. The van der Waals surface area contributed by atoms with E-state index in [0.717, 1.165) is 32.5 Å². The Bertz CT molecular complexity index is 474. The quantitative estimate of drug-likeness (QED) is 0.799. The third-order valence-electron chi connectivity index (χ3n) is 3.86. The Morgan fingerprint density at radius 3 is 3.33 bits per heavy atom. The Hall–Kier alpha value is -1.57. The molecule has 2 saturated heterocycles. The van der Waals surface area contributed by atoms with Gasteiger partial charge in [0.05, 0.1) is 25.5 Å². The van der Waals surface area contributed by atoms with Gasteiger partial charge in [-0.3, -0.25) is 9.78 Å². The van der Waals surface area contributed by atoms with Crippen LogP contribution >= 0.6 is 0 Å². The third kappa shape index (κ3) is 3.55. The Balaban J connectivity index is 1.50. The molecule has 7 heteroatoms. The van der Waals surface area contributed by atoms with E-state index in [1.54, 1.807) is 6.20 Å². The molecule has 0 aliphatic carbocycles. The first-order valence-electron chi connectivity index (χ1n) is 7.28. The summed E-state index contributed by atoms with van der Waals surface area (Å²) in [6, 6.07) is 0. The van der Waals surface area contributed by atoms with Crippen LogP contribution in [-0.4, -0.2) is 60.4 Å². The summed E-state index contributed by atoms with van der Waals surface area (Å²) >= 11 is 0. The van der Waals surface area contributed by atoms with E-state index < -0.39 is 0 Å². The monoisotopic (exact) mass is 292 g/mol. The van der Waals surface area contributed by atoms with Crippen LogP contribution in [0.5, 0.6) is 0 Å². The number of aromatic nitrogens is 2. The first-order chi connectivity index (χ1) is 10.3. The zero-order valence-electron chi connectivity index (χ0n) is 11.9. The molecule has 1 aromatic heterocycles. The number of ether oxygens (including phenoxy) is 2. The summed E-state index contributed by atoms with van der Waals surface area (Å²) in [5.74, 6) is -0.220. The highest BCUT2D eigenvalue weighted by molar-refractivity contribution is 5.91. The SMILES string of the molecule is O=C(NC[C@@H]1CC[C@@]2(CNCCOC2)O1)c1cnccn1. The molecule has 7 nitrogen and oxygen atoms in total. The highest BCUT2D eigenvalue weighted by Gasteiger charge is 2.41. The number of rotatable bonds is 3.